The van der Waals surface area contributed by atoms with Gasteiger partial charge in [0.15, 0.2) is 5.16 Å². The van der Waals surface area contributed by atoms with E-state index in [0.717, 1.165) is 16.2 Å². The molecule has 7 heteroatoms. The van der Waals surface area contributed by atoms with Gasteiger partial charge in [0.25, 0.3) is 5.91 Å². The van der Waals surface area contributed by atoms with Crippen LogP contribution in [0.3, 0.4) is 0 Å². The summed E-state index contributed by atoms with van der Waals surface area (Å²) in [5.41, 5.74) is 1.41. The number of aromatic nitrogens is 2. The van der Waals surface area contributed by atoms with Gasteiger partial charge in [-0.05, 0) is 24.2 Å². The maximum atomic E-state index is 12.1. The molecular weight excluding hydrogens is 322 g/mol. The van der Waals surface area contributed by atoms with E-state index in [0.29, 0.717) is 16.5 Å². The number of amides is 1. The Hall–Kier alpha value is -1.31. The molecule has 0 atom stereocenters. The number of hydrogen-bond donors (Lipinski definition) is 1. The standard InChI is InChI=1S/C14H13N3OS3/c1-3-20-14-15-6-11-10(13(18)16-12(11)17-14)5-8-4-9(19-2)7-21-8/h4-7H,3H2,1-2H3,(H,15,16,17,18). The highest BCUT2D eigenvalue weighted by molar-refractivity contribution is 7.99. The zero-order valence-corrected chi connectivity index (χ0v) is 14.0. The second-order valence-electron chi connectivity index (χ2n) is 4.25. The van der Waals surface area contributed by atoms with Gasteiger partial charge >= 0.3 is 0 Å². The van der Waals surface area contributed by atoms with Crippen molar-refractivity contribution >= 4 is 58.2 Å². The summed E-state index contributed by atoms with van der Waals surface area (Å²) in [6.07, 6.45) is 5.67. The minimum Gasteiger partial charge on any atom is -0.306 e. The van der Waals surface area contributed by atoms with Gasteiger partial charge in [-0.1, -0.05) is 18.7 Å². The van der Waals surface area contributed by atoms with Crippen LogP contribution in [0.2, 0.25) is 0 Å². The first-order valence-electron chi connectivity index (χ1n) is 6.37. The van der Waals surface area contributed by atoms with Gasteiger partial charge in [-0.3, -0.25) is 4.79 Å². The quantitative estimate of drug-likeness (QED) is 0.522. The minimum atomic E-state index is -0.114. The van der Waals surface area contributed by atoms with E-state index >= 15 is 0 Å². The van der Waals surface area contributed by atoms with Crippen molar-refractivity contribution < 1.29 is 4.79 Å². The lowest BCUT2D eigenvalue weighted by Crippen LogP contribution is -2.04. The summed E-state index contributed by atoms with van der Waals surface area (Å²) >= 11 is 4.88. The molecule has 4 nitrogen and oxygen atoms in total. The lowest BCUT2D eigenvalue weighted by Gasteiger charge is -2.00. The van der Waals surface area contributed by atoms with E-state index in [1.807, 2.05) is 19.3 Å². The second-order valence-corrected chi connectivity index (χ2v) is 7.30. The van der Waals surface area contributed by atoms with Crippen LogP contribution in [0.4, 0.5) is 5.82 Å². The Morgan fingerprint density at radius 2 is 2.33 bits per heavy atom. The van der Waals surface area contributed by atoms with E-state index < -0.39 is 0 Å². The third kappa shape index (κ3) is 3.00. The molecule has 2 aromatic heterocycles. The Balaban J connectivity index is 1.96. The molecule has 2 aromatic rings. The van der Waals surface area contributed by atoms with Crippen molar-refractivity contribution in [2.75, 3.05) is 17.3 Å². The lowest BCUT2D eigenvalue weighted by molar-refractivity contribution is -0.110. The number of thiophene rings is 1. The number of carbonyl (C=O) groups excluding carboxylic acids is 1. The van der Waals surface area contributed by atoms with E-state index in [1.165, 1.54) is 4.90 Å². The van der Waals surface area contributed by atoms with E-state index in [9.17, 15) is 4.79 Å². The molecule has 1 aliphatic rings. The number of rotatable bonds is 4. The Labute approximate surface area is 135 Å². The first-order chi connectivity index (χ1) is 10.2. The van der Waals surface area contributed by atoms with Crippen molar-refractivity contribution in [2.24, 2.45) is 0 Å². The average molecular weight is 335 g/mol. The van der Waals surface area contributed by atoms with E-state index in [2.05, 4.69) is 26.7 Å². The van der Waals surface area contributed by atoms with Crippen LogP contribution in [0.25, 0.3) is 11.6 Å². The molecule has 21 heavy (non-hydrogen) atoms. The third-order valence-electron chi connectivity index (χ3n) is 2.92. The Morgan fingerprint density at radius 1 is 1.48 bits per heavy atom. The number of nitrogens with zero attached hydrogens (tertiary/aromatic N) is 2. The van der Waals surface area contributed by atoms with Crippen LogP contribution in [0.1, 0.15) is 17.4 Å². The second kappa shape index (κ2) is 6.21. The van der Waals surface area contributed by atoms with Gasteiger partial charge in [0.2, 0.25) is 0 Å². The summed E-state index contributed by atoms with van der Waals surface area (Å²) in [4.78, 5) is 23.1. The van der Waals surface area contributed by atoms with Gasteiger partial charge in [0, 0.05) is 26.9 Å². The van der Waals surface area contributed by atoms with Gasteiger partial charge in [0.05, 0.1) is 5.57 Å². The number of carbonyl (C=O) groups is 1. The molecule has 0 aromatic carbocycles. The Bertz CT molecular complexity index is 724. The number of fused-ring (bicyclic) bond motifs is 1. The fourth-order valence-electron chi connectivity index (χ4n) is 1.96. The summed E-state index contributed by atoms with van der Waals surface area (Å²) in [6.45, 7) is 2.05. The smallest absolute Gasteiger partial charge is 0.257 e. The molecule has 3 rings (SSSR count). The summed E-state index contributed by atoms with van der Waals surface area (Å²) in [5.74, 6) is 1.40. The summed E-state index contributed by atoms with van der Waals surface area (Å²) in [7, 11) is 0. The average Bonchev–Trinajstić information content (AvgIpc) is 3.05. The normalized spacial score (nSPS) is 15.3. The van der Waals surface area contributed by atoms with Crippen LogP contribution in [0, 0.1) is 0 Å². The van der Waals surface area contributed by atoms with Gasteiger partial charge < -0.3 is 5.32 Å². The number of hydrogen-bond acceptors (Lipinski definition) is 6. The van der Waals surface area contributed by atoms with Crippen LogP contribution < -0.4 is 5.32 Å². The Kier molecular flexibility index (Phi) is 4.32. The fraction of sp³-hybridized carbons (Fsp3) is 0.214. The highest BCUT2D eigenvalue weighted by atomic mass is 32.2. The minimum absolute atomic E-state index is 0.114. The van der Waals surface area contributed by atoms with Gasteiger partial charge in [-0.25, -0.2) is 9.97 Å². The molecule has 0 unspecified atom stereocenters. The summed E-state index contributed by atoms with van der Waals surface area (Å²) in [6, 6.07) is 2.08. The third-order valence-corrected chi connectivity index (χ3v) is 5.40. The summed E-state index contributed by atoms with van der Waals surface area (Å²) < 4.78 is 0. The SMILES string of the molecule is CCSc1ncc2c(n1)NC(=O)C2=Cc1cc(SC)cs1. The van der Waals surface area contributed by atoms with Crippen LogP contribution in [-0.2, 0) is 4.79 Å². The van der Waals surface area contributed by atoms with Crippen LogP contribution in [0.15, 0.2) is 27.7 Å². The van der Waals surface area contributed by atoms with Gasteiger partial charge in [0.1, 0.15) is 5.82 Å². The first kappa shape index (κ1) is 14.6. The first-order valence-corrected chi connectivity index (χ1v) is 9.46. The molecule has 0 aliphatic carbocycles. The molecule has 0 saturated heterocycles. The molecular formula is C14H13N3OS3. The van der Waals surface area contributed by atoms with Crippen molar-refractivity contribution in [3.8, 4) is 0 Å². The molecule has 1 amide bonds. The fourth-order valence-corrected chi connectivity index (χ4v) is 4.05. The molecule has 1 N–H and O–H groups in total. The van der Waals surface area contributed by atoms with Gasteiger partial charge in [-0.2, -0.15) is 0 Å². The lowest BCUT2D eigenvalue weighted by atomic mass is 10.1. The predicted molar refractivity (Wildman–Crippen MR) is 91.0 cm³/mol. The maximum absolute atomic E-state index is 12.1. The highest BCUT2D eigenvalue weighted by Crippen LogP contribution is 2.34. The number of anilines is 1. The van der Waals surface area contributed by atoms with Crippen molar-refractivity contribution in [1.29, 1.82) is 0 Å². The molecule has 108 valence electrons. The topological polar surface area (TPSA) is 54.9 Å². The molecule has 1 aliphatic heterocycles. The number of thioether (sulfide) groups is 2. The van der Waals surface area contributed by atoms with Crippen molar-refractivity contribution in [1.82, 2.24) is 9.97 Å². The molecule has 0 fully saturated rings. The van der Waals surface area contributed by atoms with E-state index in [-0.39, 0.29) is 5.91 Å². The van der Waals surface area contributed by atoms with Crippen LogP contribution in [-0.4, -0.2) is 27.9 Å². The van der Waals surface area contributed by atoms with Crippen LogP contribution in [0.5, 0.6) is 0 Å². The Morgan fingerprint density at radius 3 is 3.05 bits per heavy atom. The highest BCUT2D eigenvalue weighted by Gasteiger charge is 2.26. The largest absolute Gasteiger partial charge is 0.306 e. The van der Waals surface area contributed by atoms with Gasteiger partial charge in [-0.15, -0.1) is 23.1 Å². The molecule has 0 radical (unpaired) electrons. The zero-order chi connectivity index (χ0) is 14.8. The van der Waals surface area contributed by atoms with Crippen LogP contribution >= 0.6 is 34.9 Å². The number of nitrogens with one attached hydrogen (secondary N) is 1. The molecule has 0 spiro atoms. The molecule has 3 heterocycles. The molecule has 0 saturated carbocycles. The van der Waals surface area contributed by atoms with E-state index in [4.69, 9.17) is 0 Å². The van der Waals surface area contributed by atoms with Crippen molar-refractivity contribution in [3.63, 3.8) is 0 Å². The van der Waals surface area contributed by atoms with Crippen molar-refractivity contribution in [2.45, 2.75) is 17.0 Å². The molecule has 0 bridgehead atoms. The van der Waals surface area contributed by atoms with E-state index in [1.54, 1.807) is 41.1 Å². The maximum Gasteiger partial charge on any atom is 0.257 e. The van der Waals surface area contributed by atoms with Crippen molar-refractivity contribution in [3.05, 3.63) is 28.1 Å². The zero-order valence-electron chi connectivity index (χ0n) is 11.5. The predicted octanol–water partition coefficient (Wildman–Crippen LogP) is 3.86. The monoisotopic (exact) mass is 335 g/mol. The summed E-state index contributed by atoms with van der Waals surface area (Å²) in [5, 5.41) is 5.59.